The van der Waals surface area contributed by atoms with E-state index in [1.807, 2.05) is 0 Å². The Kier molecular flexibility index (Phi) is 5.89. The first-order valence-electron chi connectivity index (χ1n) is 10.3. The Morgan fingerprint density at radius 1 is 0.857 bits per heavy atom. The molecule has 0 bridgehead atoms. The minimum absolute atomic E-state index is 0.184. The Morgan fingerprint density at radius 2 is 1.46 bits per heavy atom. The van der Waals surface area contributed by atoms with Crippen molar-refractivity contribution in [1.82, 2.24) is 0 Å². The van der Waals surface area contributed by atoms with E-state index in [-0.39, 0.29) is 5.41 Å². The maximum atomic E-state index is 4.41. The highest BCUT2D eigenvalue weighted by Crippen LogP contribution is 2.33. The van der Waals surface area contributed by atoms with Gasteiger partial charge in [-0.3, -0.25) is 0 Å². The van der Waals surface area contributed by atoms with Crippen molar-refractivity contribution in [2.45, 2.75) is 52.4 Å². The predicted octanol–water partition coefficient (Wildman–Crippen LogP) is 8.03. The molecule has 1 atom stereocenters. The SMILES string of the molecule is C=C(c1ccc(-c2ccccc2CC)cc1)C(C)c1ccc(C(C)(C)C)cc1. The molecule has 3 aromatic rings. The first-order valence-corrected chi connectivity index (χ1v) is 10.3. The maximum Gasteiger partial charge on any atom is 0.00610 e. The van der Waals surface area contributed by atoms with E-state index in [1.165, 1.54) is 39.0 Å². The van der Waals surface area contributed by atoms with Crippen LogP contribution in [-0.4, -0.2) is 0 Å². The molecule has 0 aliphatic heterocycles. The number of hydrogen-bond donors (Lipinski definition) is 0. The van der Waals surface area contributed by atoms with Crippen LogP contribution >= 0.6 is 0 Å². The van der Waals surface area contributed by atoms with Gasteiger partial charge in [0.2, 0.25) is 0 Å². The smallest absolute Gasteiger partial charge is 0.00610 e. The third-order valence-corrected chi connectivity index (χ3v) is 5.76. The van der Waals surface area contributed by atoms with Gasteiger partial charge in [0.25, 0.3) is 0 Å². The zero-order chi connectivity index (χ0) is 20.3. The molecule has 0 amide bonds. The van der Waals surface area contributed by atoms with Crippen LogP contribution in [0.4, 0.5) is 0 Å². The van der Waals surface area contributed by atoms with Crippen LogP contribution in [0, 0.1) is 0 Å². The summed E-state index contributed by atoms with van der Waals surface area (Å²) in [5.74, 6) is 0.294. The van der Waals surface area contributed by atoms with Crippen molar-refractivity contribution in [2.24, 2.45) is 0 Å². The molecular weight excluding hydrogens is 336 g/mol. The summed E-state index contributed by atoms with van der Waals surface area (Å²) in [5.41, 5.74) is 9.24. The van der Waals surface area contributed by atoms with Crippen molar-refractivity contribution >= 4 is 5.57 Å². The number of rotatable bonds is 5. The molecular formula is C28H32. The number of aryl methyl sites for hydroxylation is 1. The Morgan fingerprint density at radius 3 is 2.04 bits per heavy atom. The molecule has 144 valence electrons. The molecule has 0 saturated heterocycles. The van der Waals surface area contributed by atoms with E-state index < -0.39 is 0 Å². The molecule has 1 unspecified atom stereocenters. The van der Waals surface area contributed by atoms with Gasteiger partial charge in [0.05, 0.1) is 0 Å². The molecule has 0 radical (unpaired) electrons. The molecule has 0 fully saturated rings. The lowest BCUT2D eigenvalue weighted by molar-refractivity contribution is 0.590. The fourth-order valence-corrected chi connectivity index (χ4v) is 3.70. The molecule has 0 spiro atoms. The van der Waals surface area contributed by atoms with Crippen LogP contribution in [0.25, 0.3) is 16.7 Å². The quantitative estimate of drug-likeness (QED) is 0.427. The summed E-state index contributed by atoms with van der Waals surface area (Å²) in [5, 5.41) is 0. The summed E-state index contributed by atoms with van der Waals surface area (Å²) >= 11 is 0. The summed E-state index contributed by atoms with van der Waals surface area (Å²) in [6.07, 6.45) is 1.05. The van der Waals surface area contributed by atoms with Gasteiger partial charge in [0.1, 0.15) is 0 Å². The molecule has 0 saturated carbocycles. The lowest BCUT2D eigenvalue weighted by atomic mass is 9.84. The van der Waals surface area contributed by atoms with Gasteiger partial charge in [-0.2, -0.15) is 0 Å². The van der Waals surface area contributed by atoms with Crippen LogP contribution < -0.4 is 0 Å². The van der Waals surface area contributed by atoms with E-state index in [1.54, 1.807) is 0 Å². The highest BCUT2D eigenvalue weighted by molar-refractivity contribution is 5.74. The minimum Gasteiger partial charge on any atom is -0.0946 e. The second kappa shape index (κ2) is 8.19. The average Bonchev–Trinajstić information content (AvgIpc) is 2.72. The molecule has 0 heteroatoms. The molecule has 0 aromatic heterocycles. The Labute approximate surface area is 171 Å². The van der Waals surface area contributed by atoms with Crippen LogP contribution in [0.2, 0.25) is 0 Å². The zero-order valence-electron chi connectivity index (χ0n) is 17.9. The first kappa shape index (κ1) is 20.1. The van der Waals surface area contributed by atoms with Gasteiger partial charge in [-0.1, -0.05) is 114 Å². The van der Waals surface area contributed by atoms with Gasteiger partial charge in [-0.05, 0) is 50.8 Å². The normalized spacial score (nSPS) is 12.6. The van der Waals surface area contributed by atoms with Crippen molar-refractivity contribution in [3.05, 3.63) is 102 Å². The molecule has 0 heterocycles. The number of allylic oxidation sites excluding steroid dienone is 1. The van der Waals surface area contributed by atoms with Gasteiger partial charge in [-0.25, -0.2) is 0 Å². The summed E-state index contributed by atoms with van der Waals surface area (Å²) in [6.45, 7) is 15.6. The molecule has 0 nitrogen and oxygen atoms in total. The third kappa shape index (κ3) is 4.28. The van der Waals surface area contributed by atoms with Gasteiger partial charge in [0, 0.05) is 5.92 Å². The van der Waals surface area contributed by atoms with Crippen molar-refractivity contribution in [2.75, 3.05) is 0 Å². The lowest BCUT2D eigenvalue weighted by Gasteiger charge is -2.21. The summed E-state index contributed by atoms with van der Waals surface area (Å²) in [6, 6.07) is 26.5. The van der Waals surface area contributed by atoms with Gasteiger partial charge >= 0.3 is 0 Å². The second-order valence-electron chi connectivity index (χ2n) is 8.71. The Balaban J connectivity index is 1.81. The van der Waals surface area contributed by atoms with Crippen LogP contribution in [0.15, 0.2) is 79.4 Å². The third-order valence-electron chi connectivity index (χ3n) is 5.76. The molecule has 28 heavy (non-hydrogen) atoms. The van der Waals surface area contributed by atoms with Crippen molar-refractivity contribution in [3.8, 4) is 11.1 Å². The van der Waals surface area contributed by atoms with E-state index >= 15 is 0 Å². The van der Waals surface area contributed by atoms with E-state index in [0.29, 0.717) is 5.92 Å². The monoisotopic (exact) mass is 368 g/mol. The van der Waals surface area contributed by atoms with Crippen LogP contribution in [0.5, 0.6) is 0 Å². The average molecular weight is 369 g/mol. The largest absolute Gasteiger partial charge is 0.0946 e. The van der Waals surface area contributed by atoms with Crippen molar-refractivity contribution < 1.29 is 0 Å². The van der Waals surface area contributed by atoms with Gasteiger partial charge in [-0.15, -0.1) is 0 Å². The summed E-state index contributed by atoms with van der Waals surface area (Å²) in [7, 11) is 0. The van der Waals surface area contributed by atoms with E-state index in [4.69, 9.17) is 0 Å². The van der Waals surface area contributed by atoms with Crippen molar-refractivity contribution in [1.29, 1.82) is 0 Å². The first-order chi connectivity index (χ1) is 13.3. The molecule has 0 aliphatic carbocycles. The number of benzene rings is 3. The highest BCUT2D eigenvalue weighted by atomic mass is 14.2. The fraction of sp³-hybridized carbons (Fsp3) is 0.286. The summed E-state index contributed by atoms with van der Waals surface area (Å²) < 4.78 is 0. The van der Waals surface area contributed by atoms with Crippen molar-refractivity contribution in [3.63, 3.8) is 0 Å². The Bertz CT molecular complexity index is 935. The van der Waals surface area contributed by atoms with Crippen LogP contribution in [-0.2, 0) is 11.8 Å². The standard InChI is InChI=1S/C28H32/c1-7-22-10-8-9-11-27(22)25-14-12-23(13-15-25)20(2)21(3)24-16-18-26(19-17-24)28(4,5)6/h8-19,21H,2,7H2,1,3-6H3. The molecule has 3 rings (SSSR count). The van der Waals surface area contributed by atoms with Gasteiger partial charge < -0.3 is 0 Å². The van der Waals surface area contributed by atoms with Gasteiger partial charge in [0.15, 0.2) is 0 Å². The highest BCUT2D eigenvalue weighted by Gasteiger charge is 2.16. The summed E-state index contributed by atoms with van der Waals surface area (Å²) in [4.78, 5) is 0. The van der Waals surface area contributed by atoms with Crippen LogP contribution in [0.3, 0.4) is 0 Å². The maximum absolute atomic E-state index is 4.41. The Hall–Kier alpha value is -2.60. The zero-order valence-corrected chi connectivity index (χ0v) is 17.9. The molecule has 0 aliphatic rings. The topological polar surface area (TPSA) is 0 Å². The number of hydrogen-bond acceptors (Lipinski definition) is 0. The van der Waals surface area contributed by atoms with E-state index in [2.05, 4.69) is 114 Å². The minimum atomic E-state index is 0.184. The molecule has 0 N–H and O–H groups in total. The second-order valence-corrected chi connectivity index (χ2v) is 8.71. The van der Waals surface area contributed by atoms with Crippen LogP contribution in [0.1, 0.15) is 62.8 Å². The fourth-order valence-electron chi connectivity index (χ4n) is 3.70. The van der Waals surface area contributed by atoms with E-state index in [9.17, 15) is 0 Å². The molecule has 3 aromatic carbocycles. The lowest BCUT2D eigenvalue weighted by Crippen LogP contribution is -2.11. The predicted molar refractivity (Wildman–Crippen MR) is 124 cm³/mol. The van der Waals surface area contributed by atoms with E-state index in [0.717, 1.165) is 6.42 Å².